The number of hydrogen-bond acceptors (Lipinski definition) is 5. The second-order valence-electron chi connectivity index (χ2n) is 4.11. The minimum absolute atomic E-state index is 0. The maximum atomic E-state index is 12.1. The van der Waals surface area contributed by atoms with Crippen molar-refractivity contribution < 1.29 is 13.3 Å². The smallest absolute Gasteiger partial charge is 0.289 e. The predicted molar refractivity (Wildman–Crippen MR) is 78.9 cm³/mol. The summed E-state index contributed by atoms with van der Waals surface area (Å²) < 4.78 is 26.4. The minimum atomic E-state index is -3.95. The highest BCUT2D eigenvalue weighted by Crippen LogP contribution is 2.32. The fourth-order valence-electron chi connectivity index (χ4n) is 1.42. The Balaban J connectivity index is 0.00000361. The first-order chi connectivity index (χ1) is 8.69. The van der Waals surface area contributed by atoms with Crippen LogP contribution in [0.5, 0.6) is 0 Å². The van der Waals surface area contributed by atoms with Crippen molar-refractivity contribution >= 4 is 39.7 Å². The Bertz CT molecular complexity index is 607. The normalized spacial score (nSPS) is 12.6. The van der Waals surface area contributed by atoms with Gasteiger partial charge in [0.25, 0.3) is 5.69 Å². The molecule has 0 fully saturated rings. The lowest BCUT2D eigenvalue weighted by atomic mass is 10.2. The van der Waals surface area contributed by atoms with Gasteiger partial charge in [0.15, 0.2) is 0 Å². The van der Waals surface area contributed by atoms with E-state index in [1.165, 1.54) is 12.1 Å². The zero-order chi connectivity index (χ0) is 14.8. The Morgan fingerprint density at radius 3 is 2.50 bits per heavy atom. The molecular weight excluding hydrogens is 329 g/mol. The van der Waals surface area contributed by atoms with Crippen molar-refractivity contribution in [1.29, 1.82) is 0 Å². The molecule has 1 aromatic rings. The molecule has 0 saturated carbocycles. The van der Waals surface area contributed by atoms with Crippen LogP contribution in [-0.2, 0) is 10.0 Å². The summed E-state index contributed by atoms with van der Waals surface area (Å²) in [6.07, 6.45) is 0. The molecule has 0 unspecified atom stereocenters. The van der Waals surface area contributed by atoms with Crippen LogP contribution >= 0.6 is 24.0 Å². The highest BCUT2D eigenvalue weighted by molar-refractivity contribution is 7.89. The van der Waals surface area contributed by atoms with Gasteiger partial charge in [-0.25, -0.2) is 13.1 Å². The zero-order valence-corrected chi connectivity index (χ0v) is 13.2. The average molecular weight is 344 g/mol. The predicted octanol–water partition coefficient (Wildman–Crippen LogP) is 1.60. The quantitative estimate of drug-likeness (QED) is 0.622. The van der Waals surface area contributed by atoms with E-state index in [0.717, 1.165) is 0 Å². The summed E-state index contributed by atoms with van der Waals surface area (Å²) in [6, 6.07) is 2.00. The lowest BCUT2D eigenvalue weighted by Crippen LogP contribution is -2.37. The van der Waals surface area contributed by atoms with Crippen molar-refractivity contribution in [1.82, 2.24) is 4.72 Å². The molecule has 0 aliphatic rings. The molecule has 0 spiro atoms. The molecule has 0 aliphatic heterocycles. The molecule has 0 heterocycles. The third-order valence-corrected chi connectivity index (χ3v) is 4.48. The summed E-state index contributed by atoms with van der Waals surface area (Å²) in [5, 5.41) is 10.4. The lowest BCUT2D eigenvalue weighted by molar-refractivity contribution is -0.385. The fraction of sp³-hybridized carbons (Fsp3) is 0.400. The van der Waals surface area contributed by atoms with Crippen molar-refractivity contribution in [3.05, 3.63) is 32.8 Å². The van der Waals surface area contributed by atoms with E-state index in [1.54, 1.807) is 13.8 Å². The van der Waals surface area contributed by atoms with Gasteiger partial charge in [0.2, 0.25) is 10.0 Å². The van der Waals surface area contributed by atoms with Gasteiger partial charge in [-0.1, -0.05) is 11.6 Å². The Labute approximate surface area is 128 Å². The molecule has 0 saturated heterocycles. The summed E-state index contributed by atoms with van der Waals surface area (Å²) in [5.41, 5.74) is 5.32. The molecule has 20 heavy (non-hydrogen) atoms. The van der Waals surface area contributed by atoms with Crippen LogP contribution in [0.1, 0.15) is 12.5 Å². The van der Waals surface area contributed by atoms with Gasteiger partial charge < -0.3 is 5.73 Å². The number of sulfonamides is 1. The molecule has 0 bridgehead atoms. The van der Waals surface area contributed by atoms with Crippen LogP contribution < -0.4 is 10.5 Å². The van der Waals surface area contributed by atoms with Gasteiger partial charge in [-0.05, 0) is 25.5 Å². The van der Waals surface area contributed by atoms with Crippen molar-refractivity contribution in [2.75, 3.05) is 6.54 Å². The first-order valence-electron chi connectivity index (χ1n) is 5.36. The Morgan fingerprint density at radius 2 is 2.05 bits per heavy atom. The van der Waals surface area contributed by atoms with Gasteiger partial charge in [0, 0.05) is 18.7 Å². The number of nitro benzene ring substituents is 1. The molecule has 1 aromatic carbocycles. The van der Waals surface area contributed by atoms with E-state index in [1.807, 2.05) is 0 Å². The number of benzene rings is 1. The minimum Gasteiger partial charge on any atom is -0.329 e. The molecule has 114 valence electrons. The summed E-state index contributed by atoms with van der Waals surface area (Å²) in [6.45, 7) is 3.23. The Kier molecular flexibility index (Phi) is 6.85. The lowest BCUT2D eigenvalue weighted by Gasteiger charge is -2.13. The first-order valence-corrected chi connectivity index (χ1v) is 7.22. The van der Waals surface area contributed by atoms with Gasteiger partial charge >= 0.3 is 0 Å². The van der Waals surface area contributed by atoms with Crippen molar-refractivity contribution in [3.63, 3.8) is 0 Å². The average Bonchev–Trinajstić information content (AvgIpc) is 2.30. The van der Waals surface area contributed by atoms with E-state index in [2.05, 4.69) is 4.72 Å². The molecule has 3 N–H and O–H groups in total. The summed E-state index contributed by atoms with van der Waals surface area (Å²) in [4.78, 5) is 9.78. The molecule has 10 heteroatoms. The van der Waals surface area contributed by atoms with E-state index in [0.29, 0.717) is 5.56 Å². The third-order valence-electron chi connectivity index (χ3n) is 2.36. The number of nitrogens with one attached hydrogen (secondary N) is 1. The van der Waals surface area contributed by atoms with Crippen LogP contribution in [0.15, 0.2) is 17.0 Å². The van der Waals surface area contributed by atoms with Crippen LogP contribution in [0, 0.1) is 17.0 Å². The summed E-state index contributed by atoms with van der Waals surface area (Å²) >= 11 is 5.79. The summed E-state index contributed by atoms with van der Waals surface area (Å²) in [7, 11) is -3.95. The van der Waals surface area contributed by atoms with Crippen LogP contribution in [0.4, 0.5) is 5.69 Å². The fourth-order valence-corrected chi connectivity index (χ4v) is 3.34. The molecule has 1 rings (SSSR count). The standard InChI is InChI=1S/C10H14ClN3O4S.ClH/c1-6-3-8(14(15)16)10(11)9(4-6)19(17,18)13-7(2)5-12;/h3-4,7,13H,5,12H2,1-2H3;1H/t7-;/m0./s1. The van der Waals surface area contributed by atoms with Crippen LogP contribution in [-0.4, -0.2) is 25.9 Å². The number of nitro groups is 1. The monoisotopic (exact) mass is 343 g/mol. The SMILES string of the molecule is Cc1cc([N+](=O)[O-])c(Cl)c(S(=O)(=O)N[C@@H](C)CN)c1.Cl. The maximum Gasteiger partial charge on any atom is 0.289 e. The van der Waals surface area contributed by atoms with Gasteiger partial charge in [-0.2, -0.15) is 0 Å². The van der Waals surface area contributed by atoms with E-state index < -0.39 is 31.7 Å². The van der Waals surface area contributed by atoms with Crippen molar-refractivity contribution in [2.45, 2.75) is 24.8 Å². The van der Waals surface area contributed by atoms with Crippen molar-refractivity contribution in [3.8, 4) is 0 Å². The van der Waals surface area contributed by atoms with E-state index in [9.17, 15) is 18.5 Å². The van der Waals surface area contributed by atoms with Gasteiger partial charge in [0.05, 0.1) is 4.92 Å². The number of halogens is 2. The summed E-state index contributed by atoms with van der Waals surface area (Å²) in [5.74, 6) is 0. The van der Waals surface area contributed by atoms with Gasteiger partial charge in [0.1, 0.15) is 9.92 Å². The number of aryl methyl sites for hydroxylation is 1. The third kappa shape index (κ3) is 4.29. The number of nitrogens with two attached hydrogens (primary N) is 1. The van der Waals surface area contributed by atoms with Crippen LogP contribution in [0.3, 0.4) is 0 Å². The highest BCUT2D eigenvalue weighted by Gasteiger charge is 2.26. The molecule has 0 radical (unpaired) electrons. The van der Waals surface area contributed by atoms with Crippen LogP contribution in [0.2, 0.25) is 5.02 Å². The zero-order valence-electron chi connectivity index (χ0n) is 10.8. The van der Waals surface area contributed by atoms with Crippen molar-refractivity contribution in [2.24, 2.45) is 5.73 Å². The van der Waals surface area contributed by atoms with E-state index in [-0.39, 0.29) is 23.8 Å². The molecule has 7 nitrogen and oxygen atoms in total. The second kappa shape index (κ2) is 7.19. The molecular formula is C10H15Cl2N3O4S. The molecule has 0 aliphatic carbocycles. The van der Waals surface area contributed by atoms with Crippen LogP contribution in [0.25, 0.3) is 0 Å². The highest BCUT2D eigenvalue weighted by atomic mass is 35.5. The number of rotatable bonds is 5. The number of hydrogen-bond donors (Lipinski definition) is 2. The topological polar surface area (TPSA) is 115 Å². The number of nitrogens with zero attached hydrogens (tertiary/aromatic N) is 1. The Hall–Kier alpha value is -0.930. The molecule has 1 atom stereocenters. The molecule has 0 amide bonds. The van der Waals surface area contributed by atoms with Gasteiger partial charge in [-0.3, -0.25) is 10.1 Å². The Morgan fingerprint density at radius 1 is 1.50 bits per heavy atom. The van der Waals surface area contributed by atoms with Gasteiger partial charge in [-0.15, -0.1) is 12.4 Å². The first kappa shape index (κ1) is 19.1. The van der Waals surface area contributed by atoms with E-state index >= 15 is 0 Å². The molecule has 0 aromatic heterocycles. The maximum absolute atomic E-state index is 12.1. The van der Waals surface area contributed by atoms with E-state index in [4.69, 9.17) is 17.3 Å². The second-order valence-corrected chi connectivity index (χ2v) is 6.17. The largest absolute Gasteiger partial charge is 0.329 e.